The number of carbonyl (C=O) groups is 1. The zero-order valence-electron chi connectivity index (χ0n) is 10.2. The topological polar surface area (TPSA) is 51.2 Å². The molecule has 5 heteroatoms. The highest BCUT2D eigenvalue weighted by molar-refractivity contribution is 7.11. The van der Waals surface area contributed by atoms with Crippen LogP contribution in [0.4, 0.5) is 0 Å². The summed E-state index contributed by atoms with van der Waals surface area (Å²) in [5.41, 5.74) is 1.33. The van der Waals surface area contributed by atoms with Crippen molar-refractivity contribution < 1.29 is 9.53 Å². The largest absolute Gasteiger partial charge is 0.376 e. The molecular formula is C12H18N2O2S. The molecule has 0 aromatic carbocycles. The van der Waals surface area contributed by atoms with E-state index < -0.39 is 0 Å². The molecule has 1 aliphatic rings. The van der Waals surface area contributed by atoms with E-state index in [2.05, 4.69) is 10.3 Å². The van der Waals surface area contributed by atoms with E-state index in [4.69, 9.17) is 4.74 Å². The van der Waals surface area contributed by atoms with Crippen LogP contribution in [0.3, 0.4) is 0 Å². The summed E-state index contributed by atoms with van der Waals surface area (Å²) in [7, 11) is 0. The second kappa shape index (κ2) is 5.14. The Morgan fingerprint density at radius 1 is 1.59 bits per heavy atom. The monoisotopic (exact) mass is 254 g/mol. The van der Waals surface area contributed by atoms with Crippen LogP contribution in [0.25, 0.3) is 0 Å². The van der Waals surface area contributed by atoms with Gasteiger partial charge in [-0.25, -0.2) is 0 Å². The number of amides is 1. The van der Waals surface area contributed by atoms with E-state index >= 15 is 0 Å². The minimum Gasteiger partial charge on any atom is -0.376 e. The standard InChI is InChI=1S/C12H18N2O2S/c1-12(2,10-5-3-4-6-16-10)14-11(15)9-7-13-8-17-9/h7-8,10H,3-6H2,1-2H3,(H,14,15). The van der Waals surface area contributed by atoms with Crippen LogP contribution in [0.5, 0.6) is 0 Å². The van der Waals surface area contributed by atoms with Gasteiger partial charge in [-0.3, -0.25) is 9.78 Å². The Morgan fingerprint density at radius 3 is 3.00 bits per heavy atom. The first-order valence-electron chi connectivity index (χ1n) is 5.92. The molecule has 1 aliphatic heterocycles. The lowest BCUT2D eigenvalue weighted by Crippen LogP contribution is -2.53. The number of nitrogens with one attached hydrogen (secondary N) is 1. The first-order chi connectivity index (χ1) is 8.09. The van der Waals surface area contributed by atoms with Crippen LogP contribution in [0.15, 0.2) is 11.7 Å². The number of nitrogens with zero attached hydrogens (tertiary/aromatic N) is 1. The maximum absolute atomic E-state index is 12.0. The predicted molar refractivity (Wildman–Crippen MR) is 67.3 cm³/mol. The average molecular weight is 254 g/mol. The van der Waals surface area contributed by atoms with Crippen molar-refractivity contribution in [1.29, 1.82) is 0 Å². The second-order valence-electron chi connectivity index (χ2n) is 4.90. The molecule has 0 spiro atoms. The predicted octanol–water partition coefficient (Wildman–Crippen LogP) is 2.22. The number of hydrogen-bond donors (Lipinski definition) is 1. The Bertz CT molecular complexity index is 370. The molecule has 1 fully saturated rings. The summed E-state index contributed by atoms with van der Waals surface area (Å²) >= 11 is 1.35. The molecule has 1 aromatic rings. The Kier molecular flexibility index (Phi) is 3.79. The van der Waals surface area contributed by atoms with Crippen molar-refractivity contribution in [3.05, 3.63) is 16.6 Å². The van der Waals surface area contributed by atoms with E-state index in [1.807, 2.05) is 13.8 Å². The Labute approximate surface area is 105 Å². The van der Waals surface area contributed by atoms with Gasteiger partial charge in [-0.2, -0.15) is 0 Å². The Hall–Kier alpha value is -0.940. The maximum Gasteiger partial charge on any atom is 0.263 e. The summed E-state index contributed by atoms with van der Waals surface area (Å²) in [6.45, 7) is 4.83. The lowest BCUT2D eigenvalue weighted by atomic mass is 9.91. The molecule has 0 bridgehead atoms. The van der Waals surface area contributed by atoms with Crippen LogP contribution in [0, 0.1) is 0 Å². The highest BCUT2D eigenvalue weighted by Gasteiger charge is 2.33. The van der Waals surface area contributed by atoms with Crippen LogP contribution < -0.4 is 5.32 Å². The van der Waals surface area contributed by atoms with Gasteiger partial charge in [0.1, 0.15) is 4.88 Å². The molecule has 1 atom stereocenters. The summed E-state index contributed by atoms with van der Waals surface area (Å²) in [5, 5.41) is 3.03. The SMILES string of the molecule is CC(C)(NC(=O)c1cncs1)C1CCCCO1. The van der Waals surface area contributed by atoms with E-state index in [1.54, 1.807) is 11.7 Å². The molecule has 1 saturated heterocycles. The summed E-state index contributed by atoms with van der Waals surface area (Å²) in [6, 6.07) is 0. The van der Waals surface area contributed by atoms with E-state index in [1.165, 1.54) is 17.8 Å². The van der Waals surface area contributed by atoms with Crippen LogP contribution in [0.1, 0.15) is 42.8 Å². The van der Waals surface area contributed by atoms with Crippen LogP contribution in [0.2, 0.25) is 0 Å². The van der Waals surface area contributed by atoms with Crippen LogP contribution in [-0.4, -0.2) is 29.1 Å². The van der Waals surface area contributed by atoms with Gasteiger partial charge in [-0.1, -0.05) is 0 Å². The fraction of sp³-hybridized carbons (Fsp3) is 0.667. The molecule has 1 aromatic heterocycles. The summed E-state index contributed by atoms with van der Waals surface area (Å²) in [6.07, 6.45) is 5.00. The van der Waals surface area contributed by atoms with Crippen molar-refractivity contribution in [2.75, 3.05) is 6.61 Å². The minimum absolute atomic E-state index is 0.0633. The van der Waals surface area contributed by atoms with Crippen molar-refractivity contribution in [1.82, 2.24) is 10.3 Å². The first-order valence-corrected chi connectivity index (χ1v) is 6.80. The molecular weight excluding hydrogens is 236 g/mol. The van der Waals surface area contributed by atoms with Gasteiger partial charge in [0, 0.05) is 6.61 Å². The highest BCUT2D eigenvalue weighted by Crippen LogP contribution is 2.23. The molecule has 2 heterocycles. The third kappa shape index (κ3) is 3.04. The fourth-order valence-electron chi connectivity index (χ4n) is 2.07. The quantitative estimate of drug-likeness (QED) is 0.900. The van der Waals surface area contributed by atoms with Gasteiger partial charge in [-0.15, -0.1) is 11.3 Å². The van der Waals surface area contributed by atoms with Crippen molar-refractivity contribution >= 4 is 17.2 Å². The highest BCUT2D eigenvalue weighted by atomic mass is 32.1. The number of thiazole rings is 1. The molecule has 94 valence electrons. The van der Waals surface area contributed by atoms with Gasteiger partial charge in [0.05, 0.1) is 23.4 Å². The zero-order valence-corrected chi connectivity index (χ0v) is 11.0. The molecule has 4 nitrogen and oxygen atoms in total. The second-order valence-corrected chi connectivity index (χ2v) is 5.78. The molecule has 1 N–H and O–H groups in total. The van der Waals surface area contributed by atoms with Crippen molar-refractivity contribution in [2.45, 2.75) is 44.8 Å². The van der Waals surface area contributed by atoms with E-state index in [0.717, 1.165) is 19.4 Å². The molecule has 1 amide bonds. The van der Waals surface area contributed by atoms with Gasteiger partial charge in [-0.05, 0) is 33.1 Å². The normalized spacial score (nSPS) is 21.2. The molecule has 0 radical (unpaired) electrons. The van der Waals surface area contributed by atoms with E-state index in [-0.39, 0.29) is 17.6 Å². The third-order valence-corrected chi connectivity index (χ3v) is 3.85. The minimum atomic E-state index is -0.332. The van der Waals surface area contributed by atoms with Gasteiger partial charge < -0.3 is 10.1 Å². The van der Waals surface area contributed by atoms with Gasteiger partial charge in [0.25, 0.3) is 5.91 Å². The average Bonchev–Trinajstić information content (AvgIpc) is 2.83. The number of hydrogen-bond acceptors (Lipinski definition) is 4. The number of aromatic nitrogens is 1. The summed E-state index contributed by atoms with van der Waals surface area (Å²) in [5.74, 6) is -0.0633. The Balaban J connectivity index is 1.98. The number of carbonyl (C=O) groups excluding carboxylic acids is 1. The number of ether oxygens (including phenoxy) is 1. The van der Waals surface area contributed by atoms with E-state index in [0.29, 0.717) is 4.88 Å². The lowest BCUT2D eigenvalue weighted by Gasteiger charge is -2.37. The molecule has 0 aliphatic carbocycles. The zero-order chi connectivity index (χ0) is 12.3. The number of rotatable bonds is 3. The van der Waals surface area contributed by atoms with Gasteiger partial charge in [0.15, 0.2) is 0 Å². The van der Waals surface area contributed by atoms with Gasteiger partial charge in [0.2, 0.25) is 0 Å². The smallest absolute Gasteiger partial charge is 0.263 e. The van der Waals surface area contributed by atoms with E-state index in [9.17, 15) is 4.79 Å². The molecule has 0 saturated carbocycles. The summed E-state index contributed by atoms with van der Waals surface area (Å²) in [4.78, 5) is 16.5. The molecule has 1 unspecified atom stereocenters. The van der Waals surface area contributed by atoms with Crippen LogP contribution >= 0.6 is 11.3 Å². The summed E-state index contributed by atoms with van der Waals surface area (Å²) < 4.78 is 5.73. The van der Waals surface area contributed by atoms with Crippen molar-refractivity contribution in [3.8, 4) is 0 Å². The first kappa shape index (κ1) is 12.5. The van der Waals surface area contributed by atoms with Crippen molar-refractivity contribution in [3.63, 3.8) is 0 Å². The fourth-order valence-corrected chi connectivity index (χ4v) is 2.59. The van der Waals surface area contributed by atoms with Crippen molar-refractivity contribution in [2.24, 2.45) is 0 Å². The molecule has 17 heavy (non-hydrogen) atoms. The van der Waals surface area contributed by atoms with Gasteiger partial charge >= 0.3 is 0 Å². The molecule has 2 rings (SSSR count). The lowest BCUT2D eigenvalue weighted by molar-refractivity contribution is -0.0317. The van der Waals surface area contributed by atoms with Crippen LogP contribution in [-0.2, 0) is 4.74 Å². The third-order valence-electron chi connectivity index (χ3n) is 3.08. The Morgan fingerprint density at radius 2 is 2.41 bits per heavy atom. The maximum atomic E-state index is 12.0.